The Kier molecular flexibility index (Phi) is 3.96. The highest BCUT2D eigenvalue weighted by atomic mass is 16.5. The van der Waals surface area contributed by atoms with Crippen molar-refractivity contribution in [2.24, 2.45) is 0 Å². The molecule has 3 heteroatoms. The third kappa shape index (κ3) is 2.56. The number of likely N-dealkylation sites (tertiary alicyclic amines) is 1. The Hall–Kier alpha value is -0.830. The molecule has 1 atom stereocenters. The van der Waals surface area contributed by atoms with Crippen LogP contribution in [0.3, 0.4) is 0 Å². The van der Waals surface area contributed by atoms with Gasteiger partial charge in [-0.25, -0.2) is 0 Å². The smallest absolute Gasteiger partial charge is 0.224 e. The topological polar surface area (TPSA) is 29.5 Å². The highest BCUT2D eigenvalue weighted by Gasteiger charge is 2.30. The number of nitrogens with zero attached hydrogens (tertiary/aromatic N) is 1. The van der Waals surface area contributed by atoms with Crippen LogP contribution in [0, 0.1) is 0 Å². The predicted molar refractivity (Wildman–Crippen MR) is 51.2 cm³/mol. The van der Waals surface area contributed by atoms with Crippen molar-refractivity contribution in [2.75, 3.05) is 13.2 Å². The quantitative estimate of drug-likeness (QED) is 0.605. The van der Waals surface area contributed by atoms with Crippen LogP contribution >= 0.6 is 0 Å². The molecule has 0 bridgehead atoms. The van der Waals surface area contributed by atoms with E-state index in [-0.39, 0.29) is 12.1 Å². The number of rotatable bonds is 5. The van der Waals surface area contributed by atoms with Gasteiger partial charge in [-0.2, -0.15) is 0 Å². The van der Waals surface area contributed by atoms with Gasteiger partial charge >= 0.3 is 0 Å². The van der Waals surface area contributed by atoms with Gasteiger partial charge in [0, 0.05) is 26.0 Å². The molecule has 3 nitrogen and oxygen atoms in total. The SMILES string of the molecule is C=CCCN1C(=O)CCC1OCC. The predicted octanol–water partition coefficient (Wildman–Crippen LogP) is 1.55. The Morgan fingerprint density at radius 2 is 2.54 bits per heavy atom. The molecular formula is C10H17NO2. The van der Waals surface area contributed by atoms with Crippen molar-refractivity contribution in [3.8, 4) is 0 Å². The minimum Gasteiger partial charge on any atom is -0.359 e. The van der Waals surface area contributed by atoms with E-state index >= 15 is 0 Å². The van der Waals surface area contributed by atoms with Crippen LogP contribution < -0.4 is 0 Å². The van der Waals surface area contributed by atoms with Gasteiger partial charge in [-0.1, -0.05) is 6.08 Å². The molecule has 0 aromatic carbocycles. The Labute approximate surface area is 79.4 Å². The lowest BCUT2D eigenvalue weighted by Crippen LogP contribution is -2.35. The zero-order chi connectivity index (χ0) is 9.68. The van der Waals surface area contributed by atoms with E-state index in [1.54, 1.807) is 0 Å². The van der Waals surface area contributed by atoms with Crippen LogP contribution in [-0.4, -0.2) is 30.2 Å². The third-order valence-electron chi connectivity index (χ3n) is 2.21. The van der Waals surface area contributed by atoms with Crippen molar-refractivity contribution in [3.63, 3.8) is 0 Å². The average molecular weight is 183 g/mol. The van der Waals surface area contributed by atoms with Crippen LogP contribution in [0.15, 0.2) is 12.7 Å². The molecule has 0 saturated carbocycles. The summed E-state index contributed by atoms with van der Waals surface area (Å²) >= 11 is 0. The zero-order valence-electron chi connectivity index (χ0n) is 8.16. The summed E-state index contributed by atoms with van der Waals surface area (Å²) in [5.74, 6) is 0.209. The molecule has 1 aliphatic heterocycles. The fourth-order valence-corrected chi connectivity index (χ4v) is 1.57. The first-order valence-corrected chi connectivity index (χ1v) is 4.81. The molecule has 13 heavy (non-hydrogen) atoms. The van der Waals surface area contributed by atoms with Crippen molar-refractivity contribution in [3.05, 3.63) is 12.7 Å². The van der Waals surface area contributed by atoms with Gasteiger partial charge in [0.25, 0.3) is 0 Å². The summed E-state index contributed by atoms with van der Waals surface area (Å²) in [4.78, 5) is 13.2. The first-order chi connectivity index (χ1) is 6.29. The first-order valence-electron chi connectivity index (χ1n) is 4.81. The van der Waals surface area contributed by atoms with Crippen LogP contribution in [0.5, 0.6) is 0 Å². The van der Waals surface area contributed by atoms with Crippen LogP contribution in [0.2, 0.25) is 0 Å². The Balaban J connectivity index is 2.44. The maximum atomic E-state index is 11.4. The molecule has 1 fully saturated rings. The van der Waals surface area contributed by atoms with Crippen LogP contribution in [-0.2, 0) is 9.53 Å². The highest BCUT2D eigenvalue weighted by molar-refractivity contribution is 5.78. The second kappa shape index (κ2) is 5.02. The number of carbonyl (C=O) groups excluding carboxylic acids is 1. The number of carbonyl (C=O) groups is 1. The molecular weight excluding hydrogens is 166 g/mol. The van der Waals surface area contributed by atoms with Gasteiger partial charge in [-0.3, -0.25) is 4.79 Å². The lowest BCUT2D eigenvalue weighted by molar-refractivity contribution is -0.135. The molecule has 1 rings (SSSR count). The summed E-state index contributed by atoms with van der Waals surface area (Å²) in [5.41, 5.74) is 0. The van der Waals surface area contributed by atoms with E-state index in [0.717, 1.165) is 19.4 Å². The van der Waals surface area contributed by atoms with Crippen molar-refractivity contribution >= 4 is 5.91 Å². The first kappa shape index (κ1) is 10.3. The summed E-state index contributed by atoms with van der Waals surface area (Å²) in [6.45, 7) is 7.00. The minimum atomic E-state index is 0.0115. The maximum absolute atomic E-state index is 11.4. The molecule has 1 amide bonds. The van der Waals surface area contributed by atoms with E-state index in [1.165, 1.54) is 0 Å². The maximum Gasteiger partial charge on any atom is 0.224 e. The van der Waals surface area contributed by atoms with E-state index in [2.05, 4.69) is 6.58 Å². The van der Waals surface area contributed by atoms with Gasteiger partial charge in [-0.05, 0) is 13.3 Å². The Bertz CT molecular complexity index is 191. The number of ether oxygens (including phenoxy) is 1. The molecule has 1 heterocycles. The monoisotopic (exact) mass is 183 g/mol. The number of amides is 1. The average Bonchev–Trinajstić information content (AvgIpc) is 2.45. The van der Waals surface area contributed by atoms with E-state index < -0.39 is 0 Å². The summed E-state index contributed by atoms with van der Waals surface area (Å²) < 4.78 is 5.45. The van der Waals surface area contributed by atoms with Crippen molar-refractivity contribution in [2.45, 2.75) is 32.4 Å². The molecule has 0 radical (unpaired) electrons. The zero-order valence-corrected chi connectivity index (χ0v) is 8.16. The third-order valence-corrected chi connectivity index (χ3v) is 2.21. The van der Waals surface area contributed by atoms with Crippen LogP contribution in [0.4, 0.5) is 0 Å². The van der Waals surface area contributed by atoms with Crippen molar-refractivity contribution < 1.29 is 9.53 Å². The van der Waals surface area contributed by atoms with Gasteiger partial charge in [0.2, 0.25) is 5.91 Å². The molecule has 0 aliphatic carbocycles. The summed E-state index contributed by atoms with van der Waals surface area (Å²) in [6.07, 6.45) is 4.15. The van der Waals surface area contributed by atoms with Gasteiger partial charge < -0.3 is 9.64 Å². The second-order valence-corrected chi connectivity index (χ2v) is 3.11. The van der Waals surface area contributed by atoms with Gasteiger partial charge in [0.1, 0.15) is 6.23 Å². The van der Waals surface area contributed by atoms with E-state index in [9.17, 15) is 4.79 Å². The molecule has 1 aliphatic rings. The highest BCUT2D eigenvalue weighted by Crippen LogP contribution is 2.19. The van der Waals surface area contributed by atoms with E-state index in [1.807, 2.05) is 17.9 Å². The Morgan fingerprint density at radius 1 is 1.77 bits per heavy atom. The van der Waals surface area contributed by atoms with Crippen LogP contribution in [0.1, 0.15) is 26.2 Å². The van der Waals surface area contributed by atoms with Gasteiger partial charge in [0.05, 0.1) is 0 Å². The fourth-order valence-electron chi connectivity index (χ4n) is 1.57. The minimum absolute atomic E-state index is 0.0115. The lowest BCUT2D eigenvalue weighted by Gasteiger charge is -2.23. The van der Waals surface area contributed by atoms with E-state index in [4.69, 9.17) is 4.74 Å². The summed E-state index contributed by atoms with van der Waals surface area (Å²) in [7, 11) is 0. The molecule has 0 N–H and O–H groups in total. The second-order valence-electron chi connectivity index (χ2n) is 3.11. The van der Waals surface area contributed by atoms with Crippen molar-refractivity contribution in [1.82, 2.24) is 4.90 Å². The number of hydrogen-bond donors (Lipinski definition) is 0. The van der Waals surface area contributed by atoms with Gasteiger partial charge in [-0.15, -0.1) is 6.58 Å². The Morgan fingerprint density at radius 3 is 3.15 bits per heavy atom. The standard InChI is InChI=1S/C10H17NO2/c1-3-5-8-11-9(12)6-7-10(11)13-4-2/h3,10H,1,4-8H2,2H3. The molecule has 0 aromatic heterocycles. The van der Waals surface area contributed by atoms with Crippen LogP contribution in [0.25, 0.3) is 0 Å². The largest absolute Gasteiger partial charge is 0.359 e. The molecule has 1 saturated heterocycles. The normalized spacial score (nSPS) is 22.4. The number of hydrogen-bond acceptors (Lipinski definition) is 2. The molecule has 74 valence electrons. The molecule has 0 spiro atoms. The van der Waals surface area contributed by atoms with Crippen molar-refractivity contribution in [1.29, 1.82) is 0 Å². The fraction of sp³-hybridized carbons (Fsp3) is 0.700. The van der Waals surface area contributed by atoms with Gasteiger partial charge in [0.15, 0.2) is 0 Å². The molecule has 1 unspecified atom stereocenters. The lowest BCUT2D eigenvalue weighted by atomic mass is 10.3. The molecule has 0 aromatic rings. The summed E-state index contributed by atoms with van der Waals surface area (Å²) in [6, 6.07) is 0. The van der Waals surface area contributed by atoms with E-state index in [0.29, 0.717) is 13.0 Å². The summed E-state index contributed by atoms with van der Waals surface area (Å²) in [5, 5.41) is 0.